The molecule has 8 nitrogen and oxygen atoms in total. The molecule has 2 amide bonds. The van der Waals surface area contributed by atoms with Gasteiger partial charge in [-0.25, -0.2) is 9.78 Å². The largest absolute Gasteiger partial charge is 0.494 e. The van der Waals surface area contributed by atoms with Crippen LogP contribution in [0, 0.1) is 0 Å². The Morgan fingerprint density at radius 1 is 1.20 bits per heavy atom. The van der Waals surface area contributed by atoms with Crippen molar-refractivity contribution in [3.8, 4) is 5.75 Å². The molecule has 1 aromatic heterocycles. The summed E-state index contributed by atoms with van der Waals surface area (Å²) >= 11 is 6.11. The van der Waals surface area contributed by atoms with E-state index in [1.54, 1.807) is 22.8 Å². The molecular formula is C26H32ClN5O3. The highest BCUT2D eigenvalue weighted by Crippen LogP contribution is 2.25. The van der Waals surface area contributed by atoms with Crippen molar-refractivity contribution in [3.05, 3.63) is 63.7 Å². The molecule has 186 valence electrons. The highest BCUT2D eigenvalue weighted by molar-refractivity contribution is 6.31. The van der Waals surface area contributed by atoms with E-state index in [9.17, 15) is 9.59 Å². The first-order valence-electron chi connectivity index (χ1n) is 12.1. The lowest BCUT2D eigenvalue weighted by molar-refractivity contribution is 0.0793. The van der Waals surface area contributed by atoms with E-state index in [1.165, 1.54) is 0 Å². The van der Waals surface area contributed by atoms with Crippen LogP contribution in [0.2, 0.25) is 5.02 Å². The van der Waals surface area contributed by atoms with Crippen molar-refractivity contribution in [2.24, 2.45) is 0 Å². The second-order valence-corrected chi connectivity index (χ2v) is 9.22. The standard InChI is InChI=1S/C26H32ClN5O3/c1-5-31-24(29-23-12-7-19(27)15-22(23)25(31)33)18(4)30-13-14-32(17(3)16-30)26(34)28-20-8-10-21(11-9-20)35-6-2/h7-12,15,17-18H,5-6,13-14,16H2,1-4H3,(H,28,34). The van der Waals surface area contributed by atoms with E-state index >= 15 is 0 Å². The molecular weight excluding hydrogens is 466 g/mol. The smallest absolute Gasteiger partial charge is 0.322 e. The van der Waals surface area contributed by atoms with Crippen LogP contribution in [0.5, 0.6) is 5.75 Å². The molecule has 0 aliphatic carbocycles. The monoisotopic (exact) mass is 497 g/mol. The average Bonchev–Trinajstić information content (AvgIpc) is 2.85. The van der Waals surface area contributed by atoms with Crippen LogP contribution in [-0.2, 0) is 6.54 Å². The van der Waals surface area contributed by atoms with Crippen molar-refractivity contribution in [2.45, 2.75) is 46.3 Å². The molecule has 2 atom stereocenters. The van der Waals surface area contributed by atoms with Crippen LogP contribution in [0.3, 0.4) is 0 Å². The van der Waals surface area contributed by atoms with Gasteiger partial charge in [0.15, 0.2) is 0 Å². The van der Waals surface area contributed by atoms with Gasteiger partial charge in [-0.1, -0.05) is 11.6 Å². The van der Waals surface area contributed by atoms with Crippen molar-refractivity contribution in [2.75, 3.05) is 31.6 Å². The van der Waals surface area contributed by atoms with Gasteiger partial charge in [0.2, 0.25) is 0 Å². The molecule has 2 unspecified atom stereocenters. The van der Waals surface area contributed by atoms with Crippen LogP contribution in [0.4, 0.5) is 10.5 Å². The second kappa shape index (κ2) is 10.7. The maximum Gasteiger partial charge on any atom is 0.322 e. The molecule has 4 rings (SSSR count). The lowest BCUT2D eigenvalue weighted by Gasteiger charge is -2.42. The van der Waals surface area contributed by atoms with E-state index in [0.29, 0.717) is 48.7 Å². The number of benzene rings is 2. The summed E-state index contributed by atoms with van der Waals surface area (Å²) in [6.45, 7) is 11.0. The topological polar surface area (TPSA) is 79.7 Å². The number of halogens is 1. The minimum atomic E-state index is -0.125. The van der Waals surface area contributed by atoms with Gasteiger partial charge in [-0.05, 0) is 70.2 Å². The lowest BCUT2D eigenvalue weighted by atomic mass is 10.1. The summed E-state index contributed by atoms with van der Waals surface area (Å²) in [6.07, 6.45) is 0. The van der Waals surface area contributed by atoms with Gasteiger partial charge in [0, 0.05) is 42.9 Å². The fraction of sp³-hybridized carbons (Fsp3) is 0.423. The molecule has 1 fully saturated rings. The van der Waals surface area contributed by atoms with Crippen LogP contribution in [0.1, 0.15) is 39.6 Å². The Hall–Kier alpha value is -3.10. The minimum Gasteiger partial charge on any atom is -0.494 e. The number of rotatable bonds is 6. The van der Waals surface area contributed by atoms with E-state index in [0.717, 1.165) is 17.3 Å². The molecule has 3 aromatic rings. The van der Waals surface area contributed by atoms with E-state index < -0.39 is 0 Å². The summed E-state index contributed by atoms with van der Waals surface area (Å²) in [4.78, 5) is 35.1. The molecule has 1 aliphatic heterocycles. The number of hydrogen-bond acceptors (Lipinski definition) is 5. The molecule has 2 aromatic carbocycles. The Balaban J connectivity index is 1.47. The summed E-state index contributed by atoms with van der Waals surface area (Å²) in [5.41, 5.74) is 1.30. The first-order chi connectivity index (χ1) is 16.8. The molecule has 1 saturated heterocycles. The summed E-state index contributed by atoms with van der Waals surface area (Å²) in [5, 5.41) is 4.03. The summed E-state index contributed by atoms with van der Waals surface area (Å²) in [5.74, 6) is 1.50. The van der Waals surface area contributed by atoms with E-state index in [2.05, 4.69) is 17.1 Å². The Bertz CT molecular complexity index is 1260. The van der Waals surface area contributed by atoms with E-state index in [-0.39, 0.29) is 23.7 Å². The highest BCUT2D eigenvalue weighted by Gasteiger charge is 2.31. The van der Waals surface area contributed by atoms with Gasteiger partial charge in [-0.15, -0.1) is 0 Å². The zero-order chi connectivity index (χ0) is 25.1. The number of carbonyl (C=O) groups excluding carboxylic acids is 1. The van der Waals surface area contributed by atoms with E-state index in [1.807, 2.05) is 49.9 Å². The number of aromatic nitrogens is 2. The number of ether oxygens (including phenoxy) is 1. The quantitative estimate of drug-likeness (QED) is 0.530. The fourth-order valence-corrected chi connectivity index (χ4v) is 4.81. The molecule has 1 N–H and O–H groups in total. The first-order valence-corrected chi connectivity index (χ1v) is 12.4. The van der Waals surface area contributed by atoms with Gasteiger partial charge in [-0.2, -0.15) is 0 Å². The van der Waals surface area contributed by atoms with Crippen molar-refractivity contribution in [3.63, 3.8) is 0 Å². The predicted molar refractivity (Wildman–Crippen MR) is 139 cm³/mol. The zero-order valence-electron chi connectivity index (χ0n) is 20.6. The van der Waals surface area contributed by atoms with Gasteiger partial charge in [0.25, 0.3) is 5.56 Å². The molecule has 9 heteroatoms. The van der Waals surface area contributed by atoms with Gasteiger partial charge in [0.05, 0.1) is 23.6 Å². The number of hydrogen-bond donors (Lipinski definition) is 1. The lowest BCUT2D eigenvalue weighted by Crippen LogP contribution is -2.55. The summed E-state index contributed by atoms with van der Waals surface area (Å²) in [6, 6.07) is 12.4. The minimum absolute atomic E-state index is 0.00467. The van der Waals surface area contributed by atoms with Crippen molar-refractivity contribution in [1.29, 1.82) is 0 Å². The van der Waals surface area contributed by atoms with Gasteiger partial charge < -0.3 is 15.0 Å². The Morgan fingerprint density at radius 2 is 1.94 bits per heavy atom. The third kappa shape index (κ3) is 5.28. The molecule has 0 saturated carbocycles. The third-order valence-electron chi connectivity index (χ3n) is 6.52. The molecule has 0 radical (unpaired) electrons. The first kappa shape index (κ1) is 25.0. The fourth-order valence-electron chi connectivity index (χ4n) is 4.63. The van der Waals surface area contributed by atoms with Crippen molar-refractivity contribution < 1.29 is 9.53 Å². The van der Waals surface area contributed by atoms with Gasteiger partial charge in [0.1, 0.15) is 11.6 Å². The molecule has 35 heavy (non-hydrogen) atoms. The second-order valence-electron chi connectivity index (χ2n) is 8.78. The van der Waals surface area contributed by atoms with Gasteiger partial charge in [-0.3, -0.25) is 14.3 Å². The Morgan fingerprint density at radius 3 is 2.60 bits per heavy atom. The Kier molecular flexibility index (Phi) is 7.62. The molecule has 2 heterocycles. The number of urea groups is 1. The molecule has 1 aliphatic rings. The third-order valence-corrected chi connectivity index (χ3v) is 6.75. The van der Waals surface area contributed by atoms with Crippen LogP contribution < -0.4 is 15.6 Å². The highest BCUT2D eigenvalue weighted by atomic mass is 35.5. The van der Waals surface area contributed by atoms with Crippen LogP contribution in [0.15, 0.2) is 47.3 Å². The number of carbonyl (C=O) groups is 1. The van der Waals surface area contributed by atoms with Crippen LogP contribution in [-0.4, -0.2) is 57.7 Å². The number of amides is 2. The maximum atomic E-state index is 13.1. The normalized spacial score (nSPS) is 17.4. The predicted octanol–water partition coefficient (Wildman–Crippen LogP) is 4.77. The summed E-state index contributed by atoms with van der Waals surface area (Å²) < 4.78 is 7.18. The van der Waals surface area contributed by atoms with E-state index in [4.69, 9.17) is 21.3 Å². The van der Waals surface area contributed by atoms with Crippen molar-refractivity contribution in [1.82, 2.24) is 19.4 Å². The number of nitrogens with one attached hydrogen (secondary N) is 1. The van der Waals surface area contributed by atoms with Crippen LogP contribution in [0.25, 0.3) is 10.9 Å². The molecule has 0 spiro atoms. The summed E-state index contributed by atoms with van der Waals surface area (Å²) in [7, 11) is 0. The zero-order valence-corrected chi connectivity index (χ0v) is 21.4. The average molecular weight is 498 g/mol. The van der Waals surface area contributed by atoms with Crippen LogP contribution >= 0.6 is 11.6 Å². The number of anilines is 1. The number of nitrogens with zero attached hydrogens (tertiary/aromatic N) is 4. The number of fused-ring (bicyclic) bond motifs is 1. The van der Waals surface area contributed by atoms with Gasteiger partial charge >= 0.3 is 6.03 Å². The Labute approximate surface area is 210 Å². The molecule has 0 bridgehead atoms. The SMILES string of the molecule is CCOc1ccc(NC(=O)N2CCN(C(C)c3nc4ccc(Cl)cc4c(=O)n3CC)CC2C)cc1. The maximum absolute atomic E-state index is 13.1. The number of piperazine rings is 1. The van der Waals surface area contributed by atoms with Crippen molar-refractivity contribution >= 4 is 34.2 Å².